The number of anilines is 1. The van der Waals surface area contributed by atoms with Crippen molar-refractivity contribution >= 4 is 17.4 Å². The van der Waals surface area contributed by atoms with Crippen LogP contribution in [0.3, 0.4) is 0 Å². The van der Waals surface area contributed by atoms with Crippen LogP contribution < -0.4 is 9.64 Å². The van der Waals surface area contributed by atoms with Gasteiger partial charge >= 0.3 is 5.97 Å². The summed E-state index contributed by atoms with van der Waals surface area (Å²) in [5.74, 6) is -5.97. The van der Waals surface area contributed by atoms with Crippen molar-refractivity contribution in [1.82, 2.24) is 0 Å². The van der Waals surface area contributed by atoms with Gasteiger partial charge in [0.1, 0.15) is 5.92 Å². The van der Waals surface area contributed by atoms with Crippen molar-refractivity contribution in [2.75, 3.05) is 18.6 Å². The molecule has 0 bridgehead atoms. The number of benzene rings is 1. The molecular weight excluding hydrogens is 284 g/mol. The Balaban J connectivity index is 2.22. The lowest BCUT2D eigenvalue weighted by atomic mass is 9.90. The lowest BCUT2D eigenvalue weighted by Gasteiger charge is -2.35. The van der Waals surface area contributed by atoms with Gasteiger partial charge in [-0.25, -0.2) is 4.39 Å². The molecule has 21 heavy (non-hydrogen) atoms. The highest BCUT2D eigenvalue weighted by molar-refractivity contribution is 6.14. The number of carbonyl (C=O) groups excluding carboxylic acids is 1. The van der Waals surface area contributed by atoms with E-state index in [1.54, 1.807) is 4.90 Å². The average Bonchev–Trinajstić information content (AvgIpc) is 3.26. The van der Waals surface area contributed by atoms with Gasteiger partial charge in [0.25, 0.3) is 0 Å². The minimum Gasteiger partial charge on any atom is -0.491 e. The number of carboxylic acid groups (broad SMARTS) is 1. The van der Waals surface area contributed by atoms with E-state index < -0.39 is 29.3 Å². The molecule has 1 fully saturated rings. The van der Waals surface area contributed by atoms with Crippen molar-refractivity contribution in [3.05, 3.63) is 23.3 Å². The topological polar surface area (TPSA) is 66.8 Å². The number of ether oxygens (including phenoxy) is 1. The van der Waals surface area contributed by atoms with E-state index in [0.717, 1.165) is 18.9 Å². The summed E-state index contributed by atoms with van der Waals surface area (Å²) in [5.41, 5.74) is 0.0395. The normalized spacial score (nSPS) is 21.2. The standard InChI is InChI=1S/C14H13F2NO4/c1-21-13-10(16)9(15)4-7-11(13)17(6-2-3-6)5-8(12(7)18)14(19)20/h4,6,8H,2-3,5H2,1H3,(H,19,20). The maximum Gasteiger partial charge on any atom is 0.316 e. The minimum atomic E-state index is -1.27. The van der Waals surface area contributed by atoms with E-state index in [2.05, 4.69) is 0 Å². The van der Waals surface area contributed by atoms with E-state index in [-0.39, 0.29) is 29.6 Å². The van der Waals surface area contributed by atoms with Crippen LogP contribution >= 0.6 is 0 Å². The summed E-state index contributed by atoms with van der Waals surface area (Å²) in [6.45, 7) is -0.0483. The zero-order valence-corrected chi connectivity index (χ0v) is 11.2. The van der Waals surface area contributed by atoms with Gasteiger partial charge in [-0.05, 0) is 18.9 Å². The Hall–Kier alpha value is -2.18. The maximum absolute atomic E-state index is 13.9. The van der Waals surface area contributed by atoms with Crippen LogP contribution in [-0.4, -0.2) is 36.6 Å². The third-order valence-corrected chi connectivity index (χ3v) is 3.89. The third-order valence-electron chi connectivity index (χ3n) is 3.89. The van der Waals surface area contributed by atoms with Gasteiger partial charge in [0.05, 0.1) is 12.8 Å². The first kappa shape index (κ1) is 13.8. The first-order chi connectivity index (χ1) is 9.95. The summed E-state index contributed by atoms with van der Waals surface area (Å²) in [5, 5.41) is 9.16. The molecule has 1 saturated carbocycles. The lowest BCUT2D eigenvalue weighted by Crippen LogP contribution is -2.44. The largest absolute Gasteiger partial charge is 0.491 e. The smallest absolute Gasteiger partial charge is 0.316 e. The molecule has 112 valence electrons. The SMILES string of the molecule is COc1c(F)c(F)cc2c1N(C1CC1)CC(C(=O)O)C2=O. The molecule has 1 aromatic carbocycles. The van der Waals surface area contributed by atoms with Gasteiger partial charge in [-0.3, -0.25) is 9.59 Å². The molecule has 0 amide bonds. The molecule has 7 heteroatoms. The molecule has 1 atom stereocenters. The maximum atomic E-state index is 13.9. The van der Waals surface area contributed by atoms with Gasteiger partial charge in [-0.2, -0.15) is 4.39 Å². The number of halogens is 2. The van der Waals surface area contributed by atoms with Crippen LogP contribution in [0.5, 0.6) is 5.75 Å². The lowest BCUT2D eigenvalue weighted by molar-refractivity contribution is -0.139. The molecular formula is C14H13F2NO4. The van der Waals surface area contributed by atoms with Crippen molar-refractivity contribution in [3.8, 4) is 5.75 Å². The number of methoxy groups -OCH3 is 1. The van der Waals surface area contributed by atoms with E-state index in [0.29, 0.717) is 0 Å². The van der Waals surface area contributed by atoms with Gasteiger partial charge in [-0.15, -0.1) is 0 Å². The summed E-state index contributed by atoms with van der Waals surface area (Å²) in [4.78, 5) is 25.1. The molecule has 1 heterocycles. The molecule has 1 aliphatic heterocycles. The van der Waals surface area contributed by atoms with E-state index >= 15 is 0 Å². The van der Waals surface area contributed by atoms with Gasteiger partial charge < -0.3 is 14.7 Å². The van der Waals surface area contributed by atoms with Crippen LogP contribution in [0.1, 0.15) is 23.2 Å². The fourth-order valence-electron chi connectivity index (χ4n) is 2.72. The van der Waals surface area contributed by atoms with Gasteiger partial charge in [0, 0.05) is 18.2 Å². The Labute approximate surface area is 119 Å². The molecule has 5 nitrogen and oxygen atoms in total. The minimum absolute atomic E-state index is 0.0393. The van der Waals surface area contributed by atoms with Crippen molar-refractivity contribution in [2.24, 2.45) is 5.92 Å². The molecule has 0 spiro atoms. The first-order valence-corrected chi connectivity index (χ1v) is 6.55. The third kappa shape index (κ3) is 2.03. The zero-order valence-electron chi connectivity index (χ0n) is 11.2. The Bertz CT molecular complexity index is 642. The van der Waals surface area contributed by atoms with Crippen LogP contribution in [0, 0.1) is 17.6 Å². The number of Topliss-reactive ketones (excluding diaryl/α,β-unsaturated/α-hetero) is 1. The van der Waals surface area contributed by atoms with Gasteiger partial charge in [0.15, 0.2) is 17.3 Å². The summed E-state index contributed by atoms with van der Waals surface area (Å²) in [6, 6.07) is 0.803. The van der Waals surface area contributed by atoms with Crippen LogP contribution in [0.4, 0.5) is 14.5 Å². The van der Waals surface area contributed by atoms with E-state index in [1.807, 2.05) is 0 Å². The van der Waals surface area contributed by atoms with Crippen LogP contribution in [0.2, 0.25) is 0 Å². The van der Waals surface area contributed by atoms with Gasteiger partial charge in [-0.1, -0.05) is 0 Å². The number of hydrogen-bond acceptors (Lipinski definition) is 4. The molecule has 1 aromatic rings. The molecule has 0 saturated heterocycles. The number of carboxylic acids is 1. The molecule has 3 rings (SSSR count). The molecule has 0 radical (unpaired) electrons. The van der Waals surface area contributed by atoms with Crippen LogP contribution in [-0.2, 0) is 4.79 Å². The fourth-order valence-corrected chi connectivity index (χ4v) is 2.72. The van der Waals surface area contributed by atoms with Crippen molar-refractivity contribution in [1.29, 1.82) is 0 Å². The first-order valence-electron chi connectivity index (χ1n) is 6.55. The number of aliphatic carboxylic acids is 1. The number of carbonyl (C=O) groups is 2. The number of ketones is 1. The molecule has 1 aliphatic carbocycles. The van der Waals surface area contributed by atoms with Gasteiger partial charge in [0.2, 0.25) is 5.82 Å². The number of nitrogens with zero attached hydrogens (tertiary/aromatic N) is 1. The summed E-state index contributed by atoms with van der Waals surface area (Å²) in [7, 11) is 1.19. The highest BCUT2D eigenvalue weighted by atomic mass is 19.2. The van der Waals surface area contributed by atoms with Crippen molar-refractivity contribution < 1.29 is 28.2 Å². The van der Waals surface area contributed by atoms with E-state index in [4.69, 9.17) is 9.84 Å². The van der Waals surface area contributed by atoms with Crippen molar-refractivity contribution in [2.45, 2.75) is 18.9 Å². The van der Waals surface area contributed by atoms with Crippen LogP contribution in [0.15, 0.2) is 6.07 Å². The Morgan fingerprint density at radius 2 is 2.10 bits per heavy atom. The van der Waals surface area contributed by atoms with Crippen LogP contribution in [0.25, 0.3) is 0 Å². The predicted molar refractivity (Wildman–Crippen MR) is 68.7 cm³/mol. The number of hydrogen-bond donors (Lipinski definition) is 1. The zero-order chi connectivity index (χ0) is 15.3. The number of rotatable bonds is 3. The summed E-state index contributed by atoms with van der Waals surface area (Å²) in [6.07, 6.45) is 1.64. The summed E-state index contributed by atoms with van der Waals surface area (Å²) >= 11 is 0. The fraction of sp³-hybridized carbons (Fsp3) is 0.429. The highest BCUT2D eigenvalue weighted by Crippen LogP contribution is 2.45. The molecule has 1 N–H and O–H groups in total. The van der Waals surface area contributed by atoms with Crippen molar-refractivity contribution in [3.63, 3.8) is 0 Å². The van der Waals surface area contributed by atoms with E-state index in [9.17, 15) is 18.4 Å². The molecule has 1 unspecified atom stereocenters. The highest BCUT2D eigenvalue weighted by Gasteiger charge is 2.44. The Morgan fingerprint density at radius 1 is 1.43 bits per heavy atom. The molecule has 2 aliphatic rings. The number of fused-ring (bicyclic) bond motifs is 1. The average molecular weight is 297 g/mol. The molecule has 0 aromatic heterocycles. The second-order valence-corrected chi connectivity index (χ2v) is 5.24. The summed E-state index contributed by atoms with van der Waals surface area (Å²) < 4.78 is 32.4. The monoisotopic (exact) mass is 297 g/mol. The second kappa shape index (κ2) is 4.68. The predicted octanol–water partition coefficient (Wildman–Crippen LogP) is 1.84. The van der Waals surface area contributed by atoms with E-state index in [1.165, 1.54) is 7.11 Å². The Morgan fingerprint density at radius 3 is 2.62 bits per heavy atom. The Kier molecular flexibility index (Phi) is 3.07. The second-order valence-electron chi connectivity index (χ2n) is 5.24. The quantitative estimate of drug-likeness (QED) is 0.862.